The Morgan fingerprint density at radius 3 is 2.52 bits per heavy atom. The average molecular weight is 413 g/mol. The van der Waals surface area contributed by atoms with Crippen molar-refractivity contribution >= 4 is 22.6 Å². The summed E-state index contributed by atoms with van der Waals surface area (Å²) in [5, 5.41) is 0. The lowest BCUT2D eigenvalue weighted by molar-refractivity contribution is -0.303. The molecule has 2 nitrogen and oxygen atoms in total. The Labute approximate surface area is 136 Å². The molecule has 0 spiro atoms. The first-order chi connectivity index (χ1) is 9.92. The summed E-state index contributed by atoms with van der Waals surface area (Å²) in [6, 6.07) is 9.64. The molecule has 0 aliphatic carbocycles. The third-order valence-electron chi connectivity index (χ3n) is 4.02. The Hall–Kier alpha value is -0.340. The van der Waals surface area contributed by atoms with E-state index >= 15 is 0 Å². The smallest absolute Gasteiger partial charge is 0.363 e. The van der Waals surface area contributed by atoms with Crippen LogP contribution in [0.25, 0.3) is 0 Å². The van der Waals surface area contributed by atoms with E-state index in [4.69, 9.17) is 4.74 Å². The van der Waals surface area contributed by atoms with Crippen LogP contribution in [0.15, 0.2) is 30.3 Å². The number of morpholine rings is 1. The van der Waals surface area contributed by atoms with Crippen molar-refractivity contribution < 1.29 is 17.9 Å². The van der Waals surface area contributed by atoms with Gasteiger partial charge in [-0.05, 0) is 12.0 Å². The zero-order valence-electron chi connectivity index (χ0n) is 11.9. The van der Waals surface area contributed by atoms with E-state index in [0.717, 1.165) is 9.99 Å². The molecule has 0 saturated carbocycles. The molecular weight excluding hydrogens is 394 g/mol. The van der Waals surface area contributed by atoms with Gasteiger partial charge in [0.25, 0.3) is 0 Å². The lowest BCUT2D eigenvalue weighted by Gasteiger charge is -2.46. The number of hydrogen-bond acceptors (Lipinski definition) is 2. The summed E-state index contributed by atoms with van der Waals surface area (Å²) in [5.74, 6) is 0. The van der Waals surface area contributed by atoms with Gasteiger partial charge < -0.3 is 4.74 Å². The van der Waals surface area contributed by atoms with Crippen LogP contribution in [0.1, 0.15) is 18.9 Å². The lowest BCUT2D eigenvalue weighted by atomic mass is 9.95. The standard InChI is InChI=1S/C15H19F3INO/c1-2-14(15(16,17)18)11-20(13(8-19)10-21-14)9-12-6-4-3-5-7-12/h3-7,13H,2,8-11H2,1H3/t13-,14+/m0/s1. The third-order valence-corrected chi connectivity index (χ3v) is 5.04. The van der Waals surface area contributed by atoms with Gasteiger partial charge in [0.1, 0.15) is 0 Å². The van der Waals surface area contributed by atoms with Crippen LogP contribution in [0.2, 0.25) is 0 Å². The van der Waals surface area contributed by atoms with Crippen LogP contribution < -0.4 is 0 Å². The van der Waals surface area contributed by atoms with Crippen LogP contribution in [-0.2, 0) is 11.3 Å². The van der Waals surface area contributed by atoms with Gasteiger partial charge in [-0.15, -0.1) is 0 Å². The molecule has 0 radical (unpaired) electrons. The summed E-state index contributed by atoms with van der Waals surface area (Å²) in [6.07, 6.45) is -4.40. The first-order valence-corrected chi connectivity index (χ1v) is 8.49. The Bertz CT molecular complexity index is 454. The molecule has 1 aromatic carbocycles. The SMILES string of the molecule is CC[C@]1(C(F)(F)F)CN(Cc2ccccc2)[C@@H](CI)CO1. The highest BCUT2D eigenvalue weighted by Crippen LogP contribution is 2.40. The maximum absolute atomic E-state index is 13.4. The van der Waals surface area contributed by atoms with E-state index in [1.165, 1.54) is 0 Å². The van der Waals surface area contributed by atoms with Crippen molar-refractivity contribution in [1.29, 1.82) is 0 Å². The molecule has 0 aromatic heterocycles. The van der Waals surface area contributed by atoms with Gasteiger partial charge in [0.15, 0.2) is 5.60 Å². The van der Waals surface area contributed by atoms with Crippen LogP contribution in [0, 0.1) is 0 Å². The van der Waals surface area contributed by atoms with E-state index in [9.17, 15) is 13.2 Å². The monoisotopic (exact) mass is 413 g/mol. The predicted octanol–water partition coefficient (Wildman–Crippen LogP) is 4.03. The minimum Gasteiger partial charge on any atom is -0.363 e. The van der Waals surface area contributed by atoms with Crippen molar-refractivity contribution in [2.45, 2.75) is 37.7 Å². The van der Waals surface area contributed by atoms with Crippen molar-refractivity contribution in [3.63, 3.8) is 0 Å². The van der Waals surface area contributed by atoms with Gasteiger partial charge in [0, 0.05) is 23.6 Å². The van der Waals surface area contributed by atoms with Gasteiger partial charge in [-0.25, -0.2) is 0 Å². The molecule has 1 heterocycles. The molecule has 6 heteroatoms. The van der Waals surface area contributed by atoms with Gasteiger partial charge in [-0.2, -0.15) is 13.2 Å². The van der Waals surface area contributed by atoms with Crippen LogP contribution >= 0.6 is 22.6 Å². The number of halogens is 4. The molecule has 21 heavy (non-hydrogen) atoms. The lowest BCUT2D eigenvalue weighted by Crippen LogP contribution is -2.62. The average Bonchev–Trinajstić information content (AvgIpc) is 2.47. The van der Waals surface area contributed by atoms with E-state index in [1.54, 1.807) is 6.92 Å². The Morgan fingerprint density at radius 1 is 1.33 bits per heavy atom. The van der Waals surface area contributed by atoms with Gasteiger partial charge in [-0.3, -0.25) is 4.90 Å². The van der Waals surface area contributed by atoms with E-state index in [1.807, 2.05) is 35.2 Å². The van der Waals surface area contributed by atoms with Crippen LogP contribution in [0.5, 0.6) is 0 Å². The molecule has 0 N–H and O–H groups in total. The quantitative estimate of drug-likeness (QED) is 0.546. The number of ether oxygens (including phenoxy) is 1. The molecule has 1 saturated heterocycles. The Kier molecular flexibility index (Phi) is 5.54. The van der Waals surface area contributed by atoms with Crippen molar-refractivity contribution in [3.05, 3.63) is 35.9 Å². The topological polar surface area (TPSA) is 12.5 Å². The fourth-order valence-electron chi connectivity index (χ4n) is 2.59. The van der Waals surface area contributed by atoms with Gasteiger partial charge in [0.05, 0.1) is 6.61 Å². The van der Waals surface area contributed by atoms with Crippen molar-refractivity contribution in [2.24, 2.45) is 0 Å². The summed E-state index contributed by atoms with van der Waals surface area (Å²) in [6.45, 7) is 2.09. The molecule has 0 unspecified atom stereocenters. The zero-order chi connectivity index (χ0) is 15.5. The summed E-state index contributed by atoms with van der Waals surface area (Å²) >= 11 is 2.21. The van der Waals surface area contributed by atoms with E-state index < -0.39 is 11.8 Å². The minimum absolute atomic E-state index is 0.0211. The highest BCUT2D eigenvalue weighted by Gasteiger charge is 2.57. The second-order valence-corrected chi connectivity index (χ2v) is 6.24. The van der Waals surface area contributed by atoms with Gasteiger partial charge >= 0.3 is 6.18 Å². The summed E-state index contributed by atoms with van der Waals surface area (Å²) in [4.78, 5) is 1.91. The van der Waals surface area contributed by atoms with Gasteiger partial charge in [-0.1, -0.05) is 59.8 Å². The van der Waals surface area contributed by atoms with E-state index in [0.29, 0.717) is 6.54 Å². The van der Waals surface area contributed by atoms with Crippen LogP contribution in [0.4, 0.5) is 13.2 Å². The molecule has 2 atom stereocenters. The van der Waals surface area contributed by atoms with Crippen molar-refractivity contribution in [3.8, 4) is 0 Å². The highest BCUT2D eigenvalue weighted by atomic mass is 127. The van der Waals surface area contributed by atoms with Gasteiger partial charge in [0.2, 0.25) is 0 Å². The number of benzene rings is 1. The second kappa shape index (κ2) is 6.83. The minimum atomic E-state index is -4.34. The summed E-state index contributed by atoms with van der Waals surface area (Å²) < 4.78 is 46.2. The molecular formula is C15H19F3INO. The largest absolute Gasteiger partial charge is 0.418 e. The normalized spacial score (nSPS) is 27.8. The number of hydrogen-bond donors (Lipinski definition) is 0. The molecule has 1 fully saturated rings. The van der Waals surface area contributed by atoms with Crippen LogP contribution in [0.3, 0.4) is 0 Å². The Morgan fingerprint density at radius 2 is 2.00 bits per heavy atom. The molecule has 2 rings (SSSR count). The van der Waals surface area contributed by atoms with Crippen molar-refractivity contribution in [1.82, 2.24) is 4.90 Å². The van der Waals surface area contributed by atoms with Crippen LogP contribution in [-0.4, -0.2) is 40.3 Å². The summed E-state index contributed by atoms with van der Waals surface area (Å²) in [7, 11) is 0. The fraction of sp³-hybridized carbons (Fsp3) is 0.600. The first kappa shape index (κ1) is 17.0. The fourth-order valence-corrected chi connectivity index (χ4v) is 3.41. The second-order valence-electron chi connectivity index (χ2n) is 5.36. The molecule has 118 valence electrons. The molecule has 1 aromatic rings. The Balaban J connectivity index is 2.20. The molecule has 0 amide bonds. The molecule has 1 aliphatic rings. The number of alkyl halides is 4. The predicted molar refractivity (Wildman–Crippen MR) is 84.6 cm³/mol. The summed E-state index contributed by atoms with van der Waals surface area (Å²) in [5.41, 5.74) is -1.01. The van der Waals surface area contributed by atoms with E-state index in [-0.39, 0.29) is 25.6 Å². The first-order valence-electron chi connectivity index (χ1n) is 6.96. The molecule has 1 aliphatic heterocycles. The van der Waals surface area contributed by atoms with Crippen molar-refractivity contribution in [2.75, 3.05) is 17.6 Å². The number of rotatable bonds is 4. The third kappa shape index (κ3) is 3.71. The molecule has 0 bridgehead atoms. The number of nitrogens with zero attached hydrogens (tertiary/aromatic N) is 1. The van der Waals surface area contributed by atoms with E-state index in [2.05, 4.69) is 22.6 Å². The highest BCUT2D eigenvalue weighted by molar-refractivity contribution is 14.1. The maximum Gasteiger partial charge on any atom is 0.418 e. The zero-order valence-corrected chi connectivity index (χ0v) is 14.0. The maximum atomic E-state index is 13.4.